The lowest BCUT2D eigenvalue weighted by atomic mass is 9.96. The maximum Gasteiger partial charge on any atom is 0.211 e. The molecule has 1 N–H and O–H groups in total. The summed E-state index contributed by atoms with van der Waals surface area (Å²) in [5.41, 5.74) is 7.38. The van der Waals surface area contributed by atoms with Gasteiger partial charge in [-0.05, 0) is 29.7 Å². The minimum absolute atomic E-state index is 0.0616. The monoisotopic (exact) mass is 456 g/mol. The van der Waals surface area contributed by atoms with Crippen LogP contribution in [-0.4, -0.2) is 33.0 Å². The SMILES string of the molecule is CCc1ccc(C(=O)[C@H]2Sc3nnc(-c4ccccc4)n3N[C@H]2c2ccc(OC)cc2)cc1. The molecule has 0 unspecified atom stereocenters. The molecule has 1 aliphatic rings. The Bertz CT molecular complexity index is 1250. The molecule has 0 saturated heterocycles. The minimum Gasteiger partial charge on any atom is -0.497 e. The number of ketones is 1. The largest absolute Gasteiger partial charge is 0.497 e. The topological polar surface area (TPSA) is 69.0 Å². The van der Waals surface area contributed by atoms with Gasteiger partial charge in [0.1, 0.15) is 11.0 Å². The Kier molecular flexibility index (Phi) is 5.88. The molecule has 166 valence electrons. The molecule has 0 saturated carbocycles. The smallest absolute Gasteiger partial charge is 0.211 e. The molecule has 4 aromatic rings. The Morgan fingerprint density at radius 2 is 1.73 bits per heavy atom. The van der Waals surface area contributed by atoms with Gasteiger partial charge in [0.15, 0.2) is 11.6 Å². The molecule has 0 radical (unpaired) electrons. The van der Waals surface area contributed by atoms with E-state index in [1.165, 1.54) is 17.3 Å². The van der Waals surface area contributed by atoms with Crippen molar-refractivity contribution in [3.63, 3.8) is 0 Å². The van der Waals surface area contributed by atoms with E-state index in [-0.39, 0.29) is 11.8 Å². The van der Waals surface area contributed by atoms with Gasteiger partial charge in [0, 0.05) is 11.1 Å². The Labute approximate surface area is 197 Å². The molecule has 2 heterocycles. The fraction of sp³-hybridized carbons (Fsp3) is 0.192. The first kappa shape index (κ1) is 21.3. The summed E-state index contributed by atoms with van der Waals surface area (Å²) < 4.78 is 7.21. The fourth-order valence-corrected chi connectivity index (χ4v) is 5.12. The summed E-state index contributed by atoms with van der Waals surface area (Å²) in [7, 11) is 1.64. The van der Waals surface area contributed by atoms with Gasteiger partial charge in [0.2, 0.25) is 5.16 Å². The molecule has 5 rings (SSSR count). The molecule has 0 amide bonds. The van der Waals surface area contributed by atoms with E-state index in [9.17, 15) is 4.79 Å². The van der Waals surface area contributed by atoms with Crippen molar-refractivity contribution in [2.24, 2.45) is 0 Å². The van der Waals surface area contributed by atoms with Gasteiger partial charge in [0.05, 0.1) is 13.2 Å². The lowest BCUT2D eigenvalue weighted by Gasteiger charge is -2.33. The first-order chi connectivity index (χ1) is 16.2. The Hall–Kier alpha value is -3.58. The maximum atomic E-state index is 13.6. The number of hydrogen-bond donors (Lipinski definition) is 1. The number of hydrogen-bond acceptors (Lipinski definition) is 6. The summed E-state index contributed by atoms with van der Waals surface area (Å²) >= 11 is 1.44. The molecule has 0 fully saturated rings. The average molecular weight is 457 g/mol. The predicted octanol–water partition coefficient (Wildman–Crippen LogP) is 5.16. The fourth-order valence-electron chi connectivity index (χ4n) is 3.96. The summed E-state index contributed by atoms with van der Waals surface area (Å²) in [6, 6.07) is 25.3. The highest BCUT2D eigenvalue weighted by Crippen LogP contribution is 2.40. The van der Waals surface area contributed by atoms with Gasteiger partial charge in [-0.15, -0.1) is 10.2 Å². The van der Waals surface area contributed by atoms with Crippen LogP contribution in [-0.2, 0) is 6.42 Å². The van der Waals surface area contributed by atoms with Crippen molar-refractivity contribution in [1.29, 1.82) is 0 Å². The number of nitrogens with zero attached hydrogens (tertiary/aromatic N) is 3. The van der Waals surface area contributed by atoms with Crippen LogP contribution in [0, 0.1) is 0 Å². The number of aryl methyl sites for hydroxylation is 1. The number of Topliss-reactive ketones (excluding diaryl/α,β-unsaturated/α-hetero) is 1. The van der Waals surface area contributed by atoms with Gasteiger partial charge in [-0.3, -0.25) is 4.79 Å². The van der Waals surface area contributed by atoms with Gasteiger partial charge < -0.3 is 10.2 Å². The highest BCUT2D eigenvalue weighted by atomic mass is 32.2. The second-order valence-corrected chi connectivity index (χ2v) is 8.95. The van der Waals surface area contributed by atoms with Crippen LogP contribution in [0.5, 0.6) is 5.75 Å². The van der Waals surface area contributed by atoms with Crippen LogP contribution in [0.3, 0.4) is 0 Å². The lowest BCUT2D eigenvalue weighted by Crippen LogP contribution is -2.39. The lowest BCUT2D eigenvalue weighted by molar-refractivity contribution is 0.0980. The minimum atomic E-state index is -0.397. The van der Waals surface area contributed by atoms with Crippen LogP contribution in [0.4, 0.5) is 0 Å². The third kappa shape index (κ3) is 4.12. The second kappa shape index (κ2) is 9.11. The highest BCUT2D eigenvalue weighted by molar-refractivity contribution is 8.00. The number of ether oxygens (including phenoxy) is 1. The summed E-state index contributed by atoms with van der Waals surface area (Å²) in [6.07, 6.45) is 0.939. The molecule has 33 heavy (non-hydrogen) atoms. The van der Waals surface area contributed by atoms with Crippen LogP contribution in [0.15, 0.2) is 84.0 Å². The third-order valence-corrected chi connectivity index (χ3v) is 7.06. The summed E-state index contributed by atoms with van der Waals surface area (Å²) in [4.78, 5) is 13.6. The maximum absolute atomic E-state index is 13.6. The van der Waals surface area contributed by atoms with Crippen LogP contribution >= 0.6 is 11.8 Å². The van der Waals surface area contributed by atoms with Crippen molar-refractivity contribution in [2.75, 3.05) is 12.5 Å². The van der Waals surface area contributed by atoms with Crippen molar-refractivity contribution in [2.45, 2.75) is 29.8 Å². The average Bonchev–Trinajstić information content (AvgIpc) is 3.31. The molecule has 1 aromatic heterocycles. The number of nitrogens with one attached hydrogen (secondary N) is 1. The second-order valence-electron chi connectivity index (χ2n) is 7.84. The molecule has 2 atom stereocenters. The first-order valence-electron chi connectivity index (χ1n) is 10.9. The molecule has 0 bridgehead atoms. The molecule has 7 heteroatoms. The van der Waals surface area contributed by atoms with E-state index in [0.717, 1.165) is 29.1 Å². The number of carbonyl (C=O) groups is 1. The van der Waals surface area contributed by atoms with Gasteiger partial charge in [-0.25, -0.2) is 4.68 Å². The summed E-state index contributed by atoms with van der Waals surface area (Å²) in [5.74, 6) is 1.55. The summed E-state index contributed by atoms with van der Waals surface area (Å²) in [5, 5.41) is 9.07. The number of rotatable bonds is 6. The Morgan fingerprint density at radius 3 is 2.39 bits per heavy atom. The van der Waals surface area contributed by atoms with Crippen molar-refractivity contribution in [3.05, 3.63) is 95.6 Å². The number of methoxy groups -OCH3 is 1. The Morgan fingerprint density at radius 1 is 1.00 bits per heavy atom. The molecule has 0 aliphatic carbocycles. The zero-order valence-electron chi connectivity index (χ0n) is 18.4. The van der Waals surface area contributed by atoms with Crippen molar-refractivity contribution in [3.8, 4) is 17.1 Å². The molecule has 3 aromatic carbocycles. The number of thioether (sulfide) groups is 1. The zero-order valence-corrected chi connectivity index (χ0v) is 19.3. The van der Waals surface area contributed by atoms with E-state index >= 15 is 0 Å². The number of fused-ring (bicyclic) bond motifs is 1. The van der Waals surface area contributed by atoms with E-state index in [1.807, 2.05) is 83.5 Å². The molecule has 6 nitrogen and oxygen atoms in total. The molecular weight excluding hydrogens is 432 g/mol. The van der Waals surface area contributed by atoms with Crippen LogP contribution in [0.2, 0.25) is 0 Å². The van der Waals surface area contributed by atoms with Crippen LogP contribution in [0.25, 0.3) is 11.4 Å². The van der Waals surface area contributed by atoms with Crippen molar-refractivity contribution in [1.82, 2.24) is 14.9 Å². The molecular formula is C26H24N4O2S. The van der Waals surface area contributed by atoms with E-state index < -0.39 is 5.25 Å². The predicted molar refractivity (Wildman–Crippen MR) is 130 cm³/mol. The number of carbonyl (C=O) groups excluding carboxylic acids is 1. The van der Waals surface area contributed by atoms with E-state index in [1.54, 1.807) is 7.11 Å². The standard InChI is InChI=1S/C26H24N4O2S/c1-3-17-9-11-19(12-10-17)23(31)24-22(18-13-15-21(32-2)16-14-18)29-30-25(27-28-26(30)33-24)20-7-5-4-6-8-20/h4-16,22,24,29H,3H2,1-2H3/t22-,24-/m0/s1. The van der Waals surface area contributed by atoms with Crippen LogP contribution < -0.4 is 10.2 Å². The van der Waals surface area contributed by atoms with Gasteiger partial charge in [-0.2, -0.15) is 0 Å². The van der Waals surface area contributed by atoms with E-state index in [0.29, 0.717) is 10.7 Å². The van der Waals surface area contributed by atoms with Crippen LogP contribution in [0.1, 0.15) is 34.5 Å². The Balaban J connectivity index is 1.55. The highest BCUT2D eigenvalue weighted by Gasteiger charge is 2.38. The van der Waals surface area contributed by atoms with E-state index in [4.69, 9.17) is 4.74 Å². The summed E-state index contributed by atoms with van der Waals surface area (Å²) in [6.45, 7) is 2.11. The third-order valence-electron chi connectivity index (χ3n) is 5.85. The van der Waals surface area contributed by atoms with Gasteiger partial charge in [-0.1, -0.05) is 85.4 Å². The number of aromatic nitrogens is 3. The van der Waals surface area contributed by atoms with Crippen molar-refractivity contribution >= 4 is 17.5 Å². The normalized spacial score (nSPS) is 17.2. The zero-order chi connectivity index (χ0) is 22.8. The van der Waals surface area contributed by atoms with Gasteiger partial charge in [0.25, 0.3) is 0 Å². The molecule has 1 aliphatic heterocycles. The van der Waals surface area contributed by atoms with Crippen molar-refractivity contribution < 1.29 is 9.53 Å². The van der Waals surface area contributed by atoms with E-state index in [2.05, 4.69) is 22.5 Å². The quantitative estimate of drug-likeness (QED) is 0.404. The first-order valence-corrected chi connectivity index (χ1v) is 11.8. The van der Waals surface area contributed by atoms with Gasteiger partial charge >= 0.3 is 0 Å². The molecule has 0 spiro atoms. The number of benzene rings is 3.